The summed E-state index contributed by atoms with van der Waals surface area (Å²) in [5.74, 6) is 2.06. The summed E-state index contributed by atoms with van der Waals surface area (Å²) in [7, 11) is 3.09. The molecule has 12 nitrogen and oxygen atoms in total. The van der Waals surface area contributed by atoms with E-state index in [1.54, 1.807) is 14.2 Å². The molecule has 0 aliphatic heterocycles. The summed E-state index contributed by atoms with van der Waals surface area (Å²) >= 11 is 0. The number of aromatic nitrogens is 8. The van der Waals surface area contributed by atoms with Crippen molar-refractivity contribution in [3.05, 3.63) is 59.9 Å². The predicted octanol–water partition coefficient (Wildman–Crippen LogP) is 3.81. The molecule has 0 amide bonds. The number of methoxy groups -OCH3 is 2. The number of benzene rings is 2. The van der Waals surface area contributed by atoms with E-state index in [0.29, 0.717) is 29.3 Å². The van der Waals surface area contributed by atoms with Crippen LogP contribution in [0.4, 0.5) is 0 Å². The van der Waals surface area contributed by atoms with Crippen LogP contribution in [0.15, 0.2) is 48.5 Å². The molecule has 0 radical (unpaired) electrons. The molecule has 3 aromatic heterocycles. The standard InChI is InChI=1S/C26H28N8O4/c1-16(2)24-27-21-22(26(38-15-36-4)31-30-25(21)37-14-35-3)34(24)13-17-10-11-19(18-8-6-5-7-9-18)20(12-17)23-28-32-33-29-23/h5-12,16H,13-15H2,1-4H3,(H,28,29,32,33). The van der Waals surface area contributed by atoms with E-state index >= 15 is 0 Å². The van der Waals surface area contributed by atoms with Gasteiger partial charge in [0.25, 0.3) is 11.8 Å². The minimum Gasteiger partial charge on any atom is -0.448 e. The average Bonchev–Trinajstić information content (AvgIpc) is 3.61. The third-order valence-electron chi connectivity index (χ3n) is 5.89. The maximum Gasteiger partial charge on any atom is 0.264 e. The fraction of sp³-hybridized carbons (Fsp3) is 0.308. The van der Waals surface area contributed by atoms with Crippen molar-refractivity contribution in [2.24, 2.45) is 0 Å². The second-order valence-electron chi connectivity index (χ2n) is 8.82. The number of H-pyrrole nitrogens is 1. The molecular formula is C26H28N8O4. The van der Waals surface area contributed by atoms with Crippen LogP contribution >= 0.6 is 0 Å². The molecule has 12 heteroatoms. The van der Waals surface area contributed by atoms with Gasteiger partial charge in [0.15, 0.2) is 24.9 Å². The van der Waals surface area contributed by atoms with Gasteiger partial charge in [0.1, 0.15) is 11.3 Å². The minimum absolute atomic E-state index is 0.0126. The first-order valence-corrected chi connectivity index (χ1v) is 12.0. The maximum atomic E-state index is 5.78. The van der Waals surface area contributed by atoms with Crippen LogP contribution in [-0.2, 0) is 16.0 Å². The Bertz CT molecular complexity index is 1500. The second-order valence-corrected chi connectivity index (χ2v) is 8.82. The first kappa shape index (κ1) is 25.2. The first-order valence-electron chi connectivity index (χ1n) is 12.0. The quantitative estimate of drug-likeness (QED) is 0.258. The lowest BCUT2D eigenvalue weighted by molar-refractivity contribution is 0.0435. The predicted molar refractivity (Wildman–Crippen MR) is 139 cm³/mol. The normalized spacial score (nSPS) is 11.4. The topological polar surface area (TPSA) is 135 Å². The van der Waals surface area contributed by atoms with Gasteiger partial charge in [-0.2, -0.15) is 0 Å². The van der Waals surface area contributed by atoms with E-state index < -0.39 is 0 Å². The molecule has 5 rings (SSSR count). The average molecular weight is 517 g/mol. The van der Waals surface area contributed by atoms with Crippen molar-refractivity contribution in [2.75, 3.05) is 27.8 Å². The van der Waals surface area contributed by atoms with Crippen LogP contribution in [0, 0.1) is 0 Å². The number of hydrogen-bond donors (Lipinski definition) is 1. The van der Waals surface area contributed by atoms with Gasteiger partial charge in [-0.15, -0.1) is 15.3 Å². The fourth-order valence-electron chi connectivity index (χ4n) is 4.26. The molecule has 2 aromatic carbocycles. The van der Waals surface area contributed by atoms with E-state index in [9.17, 15) is 0 Å². The van der Waals surface area contributed by atoms with E-state index in [-0.39, 0.29) is 25.4 Å². The van der Waals surface area contributed by atoms with Crippen LogP contribution in [0.2, 0.25) is 0 Å². The molecule has 0 aliphatic rings. The maximum absolute atomic E-state index is 5.78. The van der Waals surface area contributed by atoms with Crippen molar-refractivity contribution in [1.29, 1.82) is 0 Å². The lowest BCUT2D eigenvalue weighted by Crippen LogP contribution is -2.10. The van der Waals surface area contributed by atoms with Crippen LogP contribution in [-0.4, -0.2) is 68.2 Å². The SMILES string of the molecule is COCOc1nnc(OCOC)c2c1nc(C(C)C)n2Cc1ccc(-c2ccccc2)c(-c2nnn[nH]2)c1. The number of aromatic amines is 1. The Kier molecular flexibility index (Phi) is 7.52. The van der Waals surface area contributed by atoms with Gasteiger partial charge in [0.2, 0.25) is 0 Å². The third-order valence-corrected chi connectivity index (χ3v) is 5.89. The van der Waals surface area contributed by atoms with E-state index in [0.717, 1.165) is 28.1 Å². The molecule has 1 N–H and O–H groups in total. The number of ether oxygens (including phenoxy) is 4. The monoisotopic (exact) mass is 516 g/mol. The first-order chi connectivity index (χ1) is 18.6. The number of tetrazole rings is 1. The van der Waals surface area contributed by atoms with Gasteiger partial charge in [0, 0.05) is 32.2 Å². The molecule has 0 saturated carbocycles. The highest BCUT2D eigenvalue weighted by Gasteiger charge is 2.24. The second kappa shape index (κ2) is 11.3. The molecule has 3 heterocycles. The molecule has 0 saturated heterocycles. The van der Waals surface area contributed by atoms with Crippen LogP contribution in [0.3, 0.4) is 0 Å². The molecule has 196 valence electrons. The zero-order valence-electron chi connectivity index (χ0n) is 21.6. The van der Waals surface area contributed by atoms with Gasteiger partial charge in [0.05, 0.1) is 0 Å². The van der Waals surface area contributed by atoms with Crippen LogP contribution in [0.25, 0.3) is 33.5 Å². The van der Waals surface area contributed by atoms with Crippen LogP contribution in [0.1, 0.15) is 31.2 Å². The van der Waals surface area contributed by atoms with Crippen LogP contribution < -0.4 is 9.47 Å². The molecule has 0 aliphatic carbocycles. The fourth-order valence-corrected chi connectivity index (χ4v) is 4.26. The van der Waals surface area contributed by atoms with Gasteiger partial charge < -0.3 is 23.5 Å². The van der Waals surface area contributed by atoms with Crippen molar-refractivity contribution in [1.82, 2.24) is 40.4 Å². The number of nitrogens with zero attached hydrogens (tertiary/aromatic N) is 7. The van der Waals surface area contributed by atoms with Gasteiger partial charge in [-0.05, 0) is 33.2 Å². The van der Waals surface area contributed by atoms with Crippen molar-refractivity contribution >= 4 is 11.0 Å². The molecular weight excluding hydrogens is 488 g/mol. The number of rotatable bonds is 11. The number of fused-ring (bicyclic) bond motifs is 1. The Morgan fingerprint density at radius 1 is 0.868 bits per heavy atom. The van der Waals surface area contributed by atoms with Gasteiger partial charge in [-0.25, -0.2) is 10.1 Å². The lowest BCUT2D eigenvalue weighted by atomic mass is 9.97. The summed E-state index contributed by atoms with van der Waals surface area (Å²) in [5, 5.41) is 23.1. The summed E-state index contributed by atoms with van der Waals surface area (Å²) in [5.41, 5.74) is 5.15. The Morgan fingerprint density at radius 3 is 2.29 bits per heavy atom. The number of imidazole rings is 1. The molecule has 0 unspecified atom stereocenters. The largest absolute Gasteiger partial charge is 0.448 e. The van der Waals surface area contributed by atoms with E-state index in [4.69, 9.17) is 23.9 Å². The van der Waals surface area contributed by atoms with Crippen molar-refractivity contribution in [3.8, 4) is 34.3 Å². The summed E-state index contributed by atoms with van der Waals surface area (Å²) in [6.45, 7) is 4.66. The van der Waals surface area contributed by atoms with Crippen LogP contribution in [0.5, 0.6) is 11.8 Å². The summed E-state index contributed by atoms with van der Waals surface area (Å²) < 4.78 is 23.7. The highest BCUT2D eigenvalue weighted by Crippen LogP contribution is 2.35. The Morgan fingerprint density at radius 2 is 1.61 bits per heavy atom. The molecule has 0 spiro atoms. The third kappa shape index (κ3) is 5.04. The molecule has 0 bridgehead atoms. The Balaban J connectivity index is 1.65. The summed E-state index contributed by atoms with van der Waals surface area (Å²) in [4.78, 5) is 4.89. The highest BCUT2D eigenvalue weighted by atomic mass is 16.7. The molecule has 38 heavy (non-hydrogen) atoms. The molecule has 0 fully saturated rings. The summed E-state index contributed by atoms with van der Waals surface area (Å²) in [6, 6.07) is 16.3. The minimum atomic E-state index is 0.0126. The number of nitrogens with one attached hydrogen (secondary N) is 1. The van der Waals surface area contributed by atoms with Gasteiger partial charge in [-0.1, -0.05) is 56.3 Å². The number of hydrogen-bond acceptors (Lipinski definition) is 10. The van der Waals surface area contributed by atoms with Gasteiger partial charge >= 0.3 is 0 Å². The van der Waals surface area contributed by atoms with E-state index in [1.165, 1.54) is 0 Å². The molecule has 5 aromatic rings. The molecule has 0 atom stereocenters. The van der Waals surface area contributed by atoms with Crippen molar-refractivity contribution in [3.63, 3.8) is 0 Å². The van der Waals surface area contributed by atoms with Crippen molar-refractivity contribution in [2.45, 2.75) is 26.3 Å². The Labute approximate surface area is 218 Å². The van der Waals surface area contributed by atoms with E-state index in [2.05, 4.69) is 79.6 Å². The van der Waals surface area contributed by atoms with E-state index in [1.807, 2.05) is 18.2 Å². The zero-order valence-corrected chi connectivity index (χ0v) is 21.6. The summed E-state index contributed by atoms with van der Waals surface area (Å²) in [6.07, 6.45) is 0. The van der Waals surface area contributed by atoms with Gasteiger partial charge in [-0.3, -0.25) is 0 Å². The highest BCUT2D eigenvalue weighted by molar-refractivity contribution is 5.85. The lowest BCUT2D eigenvalue weighted by Gasteiger charge is -2.15. The Hall–Kier alpha value is -4.42. The van der Waals surface area contributed by atoms with Crippen molar-refractivity contribution < 1.29 is 18.9 Å². The zero-order chi connectivity index (χ0) is 26.5. The smallest absolute Gasteiger partial charge is 0.264 e.